The Hall–Kier alpha value is -1.18. The van der Waals surface area contributed by atoms with Crippen LogP contribution in [-0.2, 0) is 12.8 Å². The second-order valence-corrected chi connectivity index (χ2v) is 10.3. The SMILES string of the molecule is CCC(C)(C)CCCCCCc1ccc(CCCCC(C)(C)C)c(O)c1O. The Labute approximate surface area is 168 Å². The molecule has 27 heavy (non-hydrogen) atoms. The fourth-order valence-corrected chi connectivity index (χ4v) is 3.49. The third-order valence-electron chi connectivity index (χ3n) is 5.95. The van der Waals surface area contributed by atoms with E-state index in [1.54, 1.807) is 0 Å². The summed E-state index contributed by atoms with van der Waals surface area (Å²) in [5.41, 5.74) is 2.60. The minimum Gasteiger partial charge on any atom is -0.504 e. The number of aryl methyl sites for hydroxylation is 2. The van der Waals surface area contributed by atoms with Crippen molar-refractivity contribution >= 4 is 0 Å². The van der Waals surface area contributed by atoms with Crippen molar-refractivity contribution in [2.45, 2.75) is 112 Å². The zero-order chi connectivity index (χ0) is 20.5. The van der Waals surface area contributed by atoms with E-state index in [0.717, 1.165) is 43.2 Å². The van der Waals surface area contributed by atoms with E-state index in [9.17, 15) is 10.2 Å². The third-order valence-corrected chi connectivity index (χ3v) is 5.95. The van der Waals surface area contributed by atoms with Gasteiger partial charge in [-0.3, -0.25) is 0 Å². The Morgan fingerprint density at radius 1 is 0.667 bits per heavy atom. The minimum absolute atomic E-state index is 0.105. The summed E-state index contributed by atoms with van der Waals surface area (Å²) in [5, 5.41) is 20.7. The van der Waals surface area contributed by atoms with E-state index < -0.39 is 0 Å². The van der Waals surface area contributed by atoms with Crippen molar-refractivity contribution in [2.24, 2.45) is 10.8 Å². The molecular weight excluding hydrogens is 332 g/mol. The molecular formula is C25H44O2. The Kier molecular flexibility index (Phi) is 9.70. The summed E-state index contributed by atoms with van der Waals surface area (Å²) < 4.78 is 0. The summed E-state index contributed by atoms with van der Waals surface area (Å²) in [4.78, 5) is 0. The smallest absolute Gasteiger partial charge is 0.160 e. The fraction of sp³-hybridized carbons (Fsp3) is 0.760. The van der Waals surface area contributed by atoms with Crippen LogP contribution in [0.3, 0.4) is 0 Å². The van der Waals surface area contributed by atoms with Crippen LogP contribution < -0.4 is 0 Å². The van der Waals surface area contributed by atoms with Crippen LogP contribution in [0.5, 0.6) is 11.5 Å². The highest BCUT2D eigenvalue weighted by atomic mass is 16.3. The minimum atomic E-state index is 0.105. The van der Waals surface area contributed by atoms with Crippen molar-refractivity contribution in [1.29, 1.82) is 0 Å². The van der Waals surface area contributed by atoms with Crippen molar-refractivity contribution in [3.8, 4) is 11.5 Å². The van der Waals surface area contributed by atoms with Gasteiger partial charge in [-0.25, -0.2) is 0 Å². The predicted octanol–water partition coefficient (Wildman–Crippen LogP) is 7.79. The molecule has 0 aliphatic rings. The van der Waals surface area contributed by atoms with Gasteiger partial charge in [0.15, 0.2) is 11.5 Å². The van der Waals surface area contributed by atoms with Crippen LogP contribution in [0.15, 0.2) is 12.1 Å². The molecule has 0 aromatic heterocycles. The standard InChI is InChI=1S/C25H44O2/c1-7-25(5,6)19-12-9-8-10-14-20-16-17-21(23(27)22(20)26)15-11-13-18-24(2,3)4/h16-17,26-27H,7-15,18-19H2,1-6H3. The van der Waals surface area contributed by atoms with Crippen molar-refractivity contribution in [3.05, 3.63) is 23.3 Å². The third kappa shape index (κ3) is 9.53. The molecule has 0 atom stereocenters. The van der Waals surface area contributed by atoms with E-state index in [2.05, 4.69) is 41.5 Å². The molecule has 156 valence electrons. The average Bonchev–Trinajstić information content (AvgIpc) is 2.59. The first-order chi connectivity index (χ1) is 12.6. The molecule has 0 radical (unpaired) electrons. The van der Waals surface area contributed by atoms with Gasteiger partial charge >= 0.3 is 0 Å². The van der Waals surface area contributed by atoms with Gasteiger partial charge in [0.2, 0.25) is 0 Å². The number of rotatable bonds is 12. The Bertz CT molecular complexity index is 552. The zero-order valence-electron chi connectivity index (χ0n) is 18.8. The second kappa shape index (κ2) is 11.0. The molecule has 0 fully saturated rings. The van der Waals surface area contributed by atoms with Gasteiger partial charge in [-0.1, -0.05) is 85.8 Å². The van der Waals surface area contributed by atoms with E-state index in [0.29, 0.717) is 10.8 Å². The highest BCUT2D eigenvalue weighted by Crippen LogP contribution is 2.35. The molecule has 2 heteroatoms. The summed E-state index contributed by atoms with van der Waals surface area (Å²) in [7, 11) is 0. The fourth-order valence-electron chi connectivity index (χ4n) is 3.49. The lowest BCUT2D eigenvalue weighted by atomic mass is 9.84. The molecule has 0 aliphatic carbocycles. The van der Waals surface area contributed by atoms with Gasteiger partial charge in [-0.05, 0) is 60.5 Å². The summed E-state index contributed by atoms with van der Waals surface area (Å²) in [5.74, 6) is 0.211. The summed E-state index contributed by atoms with van der Waals surface area (Å²) in [6.45, 7) is 13.7. The number of benzene rings is 1. The first kappa shape index (κ1) is 23.9. The number of phenolic OH excluding ortho intramolecular Hbond substituents is 2. The summed E-state index contributed by atoms with van der Waals surface area (Å²) in [6, 6.07) is 4.01. The molecule has 0 amide bonds. The molecule has 0 saturated heterocycles. The van der Waals surface area contributed by atoms with Crippen LogP contribution in [0.1, 0.15) is 110 Å². The molecule has 0 heterocycles. The van der Waals surface area contributed by atoms with Gasteiger partial charge in [-0.2, -0.15) is 0 Å². The topological polar surface area (TPSA) is 40.5 Å². The number of phenols is 2. The van der Waals surface area contributed by atoms with E-state index >= 15 is 0 Å². The van der Waals surface area contributed by atoms with Crippen LogP contribution in [0.2, 0.25) is 0 Å². The van der Waals surface area contributed by atoms with Crippen LogP contribution in [0.25, 0.3) is 0 Å². The van der Waals surface area contributed by atoms with Gasteiger partial charge in [0.05, 0.1) is 0 Å². The van der Waals surface area contributed by atoms with Crippen LogP contribution in [0, 0.1) is 10.8 Å². The molecule has 0 bridgehead atoms. The normalized spacial score (nSPS) is 12.5. The largest absolute Gasteiger partial charge is 0.504 e. The molecule has 0 spiro atoms. The second-order valence-electron chi connectivity index (χ2n) is 10.3. The van der Waals surface area contributed by atoms with Crippen LogP contribution in [-0.4, -0.2) is 10.2 Å². The molecule has 2 nitrogen and oxygen atoms in total. The van der Waals surface area contributed by atoms with Crippen molar-refractivity contribution in [3.63, 3.8) is 0 Å². The maximum Gasteiger partial charge on any atom is 0.160 e. The quantitative estimate of drug-likeness (QED) is 0.289. The highest BCUT2D eigenvalue weighted by Gasteiger charge is 2.15. The number of hydrogen-bond acceptors (Lipinski definition) is 2. The van der Waals surface area contributed by atoms with Crippen molar-refractivity contribution in [1.82, 2.24) is 0 Å². The summed E-state index contributed by atoms with van der Waals surface area (Å²) in [6.07, 6.45) is 12.4. The number of aromatic hydroxyl groups is 2. The lowest BCUT2D eigenvalue weighted by Gasteiger charge is -2.22. The Morgan fingerprint density at radius 2 is 1.11 bits per heavy atom. The molecule has 1 aromatic carbocycles. The molecule has 0 unspecified atom stereocenters. The maximum atomic E-state index is 10.4. The summed E-state index contributed by atoms with van der Waals surface area (Å²) >= 11 is 0. The Balaban J connectivity index is 2.38. The van der Waals surface area contributed by atoms with E-state index in [1.807, 2.05) is 12.1 Å². The number of hydrogen-bond donors (Lipinski definition) is 2. The van der Waals surface area contributed by atoms with Crippen molar-refractivity contribution in [2.75, 3.05) is 0 Å². The monoisotopic (exact) mass is 376 g/mol. The molecule has 0 saturated carbocycles. The molecule has 1 rings (SSSR count). The highest BCUT2D eigenvalue weighted by molar-refractivity contribution is 5.50. The van der Waals surface area contributed by atoms with Gasteiger partial charge in [0.1, 0.15) is 0 Å². The molecule has 1 aromatic rings. The van der Waals surface area contributed by atoms with Gasteiger partial charge in [0, 0.05) is 0 Å². The number of unbranched alkanes of at least 4 members (excludes halogenated alkanes) is 4. The Morgan fingerprint density at radius 3 is 1.59 bits per heavy atom. The predicted molar refractivity (Wildman–Crippen MR) is 118 cm³/mol. The van der Waals surface area contributed by atoms with E-state index in [4.69, 9.17) is 0 Å². The lowest BCUT2D eigenvalue weighted by molar-refractivity contribution is 0.307. The average molecular weight is 377 g/mol. The van der Waals surface area contributed by atoms with Gasteiger partial charge < -0.3 is 10.2 Å². The zero-order valence-corrected chi connectivity index (χ0v) is 18.8. The molecule has 0 aliphatic heterocycles. The first-order valence-corrected chi connectivity index (χ1v) is 11.1. The molecule has 2 N–H and O–H groups in total. The van der Waals surface area contributed by atoms with E-state index in [1.165, 1.54) is 38.5 Å². The lowest BCUT2D eigenvalue weighted by Crippen LogP contribution is -2.08. The van der Waals surface area contributed by atoms with Gasteiger partial charge in [-0.15, -0.1) is 0 Å². The first-order valence-electron chi connectivity index (χ1n) is 11.1. The van der Waals surface area contributed by atoms with Crippen molar-refractivity contribution < 1.29 is 10.2 Å². The van der Waals surface area contributed by atoms with Crippen LogP contribution in [0.4, 0.5) is 0 Å². The van der Waals surface area contributed by atoms with E-state index in [-0.39, 0.29) is 11.5 Å². The van der Waals surface area contributed by atoms with Crippen LogP contribution >= 0.6 is 0 Å². The maximum absolute atomic E-state index is 10.4. The van der Waals surface area contributed by atoms with Gasteiger partial charge in [0.25, 0.3) is 0 Å².